The number of benzene rings is 1. The van der Waals surface area contributed by atoms with Crippen LogP contribution in [0.3, 0.4) is 0 Å². The molecular formula is C18H25NO2. The van der Waals surface area contributed by atoms with Crippen molar-refractivity contribution in [3.63, 3.8) is 0 Å². The molecule has 0 heterocycles. The third-order valence-electron chi connectivity index (χ3n) is 4.17. The molecule has 0 N–H and O–H groups in total. The number of nitrogens with zero attached hydrogens (tertiary/aromatic N) is 1. The van der Waals surface area contributed by atoms with Gasteiger partial charge in [0.25, 0.3) is 0 Å². The van der Waals surface area contributed by atoms with Crippen LogP contribution in [-0.2, 0) is 4.79 Å². The van der Waals surface area contributed by atoms with Crippen LogP contribution in [0.4, 0.5) is 0 Å². The van der Waals surface area contributed by atoms with E-state index in [0.29, 0.717) is 6.04 Å². The number of hydrogen-bond acceptors (Lipinski definition) is 2. The van der Waals surface area contributed by atoms with E-state index in [1.165, 1.54) is 19.3 Å². The maximum Gasteiger partial charge on any atom is 0.246 e. The average Bonchev–Trinajstić information content (AvgIpc) is 2.55. The fraction of sp³-hybridized carbons (Fsp3) is 0.500. The van der Waals surface area contributed by atoms with E-state index >= 15 is 0 Å². The fourth-order valence-corrected chi connectivity index (χ4v) is 2.96. The highest BCUT2D eigenvalue weighted by atomic mass is 16.5. The monoisotopic (exact) mass is 287 g/mol. The zero-order valence-electron chi connectivity index (χ0n) is 13.0. The summed E-state index contributed by atoms with van der Waals surface area (Å²) in [6.07, 6.45) is 9.68. The molecule has 0 aromatic heterocycles. The van der Waals surface area contributed by atoms with Gasteiger partial charge in [-0.3, -0.25) is 4.79 Å². The zero-order valence-corrected chi connectivity index (χ0v) is 13.0. The zero-order chi connectivity index (χ0) is 15.1. The van der Waals surface area contributed by atoms with Crippen LogP contribution in [0.5, 0.6) is 5.75 Å². The standard InChI is InChI=1S/C18H25NO2/c1-3-19(16-7-5-4-6-8-16)18(20)14-11-15-9-12-17(21-2)13-10-15/h9-14,16H,3-8H2,1-2H3/b14-11+. The van der Waals surface area contributed by atoms with Gasteiger partial charge in [-0.2, -0.15) is 0 Å². The highest BCUT2D eigenvalue weighted by Gasteiger charge is 2.22. The molecule has 1 fully saturated rings. The normalized spacial score (nSPS) is 16.1. The lowest BCUT2D eigenvalue weighted by atomic mass is 9.94. The van der Waals surface area contributed by atoms with Crippen molar-refractivity contribution < 1.29 is 9.53 Å². The van der Waals surface area contributed by atoms with Crippen molar-refractivity contribution in [2.24, 2.45) is 0 Å². The lowest BCUT2D eigenvalue weighted by molar-refractivity contribution is -0.128. The van der Waals surface area contributed by atoms with E-state index in [9.17, 15) is 4.79 Å². The van der Waals surface area contributed by atoms with Gasteiger partial charge in [0, 0.05) is 18.7 Å². The van der Waals surface area contributed by atoms with Gasteiger partial charge in [-0.1, -0.05) is 31.4 Å². The van der Waals surface area contributed by atoms with Crippen LogP contribution in [0.1, 0.15) is 44.6 Å². The maximum atomic E-state index is 12.4. The minimum absolute atomic E-state index is 0.125. The Bertz CT molecular complexity index is 472. The lowest BCUT2D eigenvalue weighted by Gasteiger charge is -2.32. The van der Waals surface area contributed by atoms with Crippen LogP contribution in [0, 0.1) is 0 Å². The van der Waals surface area contributed by atoms with Gasteiger partial charge in [-0.15, -0.1) is 0 Å². The van der Waals surface area contributed by atoms with Crippen molar-refractivity contribution in [2.45, 2.75) is 45.1 Å². The second-order valence-corrected chi connectivity index (χ2v) is 5.52. The molecule has 0 saturated heterocycles. The van der Waals surface area contributed by atoms with Crippen LogP contribution in [0.15, 0.2) is 30.3 Å². The molecule has 114 valence electrons. The predicted molar refractivity (Wildman–Crippen MR) is 86.3 cm³/mol. The van der Waals surface area contributed by atoms with Crippen molar-refractivity contribution in [3.8, 4) is 5.75 Å². The molecule has 1 aromatic carbocycles. The summed E-state index contributed by atoms with van der Waals surface area (Å²) >= 11 is 0. The highest BCUT2D eigenvalue weighted by molar-refractivity contribution is 5.92. The molecule has 1 aliphatic carbocycles. The van der Waals surface area contributed by atoms with E-state index in [4.69, 9.17) is 4.74 Å². The first-order chi connectivity index (χ1) is 10.2. The molecule has 0 bridgehead atoms. The van der Waals surface area contributed by atoms with Crippen molar-refractivity contribution in [1.29, 1.82) is 0 Å². The smallest absolute Gasteiger partial charge is 0.246 e. The van der Waals surface area contributed by atoms with Crippen molar-refractivity contribution in [1.82, 2.24) is 4.90 Å². The third kappa shape index (κ3) is 4.35. The number of hydrogen-bond donors (Lipinski definition) is 0. The van der Waals surface area contributed by atoms with Crippen LogP contribution >= 0.6 is 0 Å². The lowest BCUT2D eigenvalue weighted by Crippen LogP contribution is -2.40. The minimum Gasteiger partial charge on any atom is -0.497 e. The molecule has 3 heteroatoms. The van der Waals surface area contributed by atoms with Gasteiger partial charge in [-0.25, -0.2) is 0 Å². The summed E-state index contributed by atoms with van der Waals surface area (Å²) in [5.41, 5.74) is 1.02. The van der Waals surface area contributed by atoms with Crippen molar-refractivity contribution in [3.05, 3.63) is 35.9 Å². The van der Waals surface area contributed by atoms with E-state index in [2.05, 4.69) is 6.92 Å². The number of likely N-dealkylation sites (N-methyl/N-ethyl adjacent to an activating group) is 1. The summed E-state index contributed by atoms with van der Waals surface area (Å²) in [7, 11) is 1.65. The Morgan fingerprint density at radius 1 is 1.24 bits per heavy atom. The topological polar surface area (TPSA) is 29.5 Å². The molecule has 1 aliphatic rings. The Morgan fingerprint density at radius 2 is 1.90 bits per heavy atom. The predicted octanol–water partition coefficient (Wildman–Crippen LogP) is 3.89. The van der Waals surface area contributed by atoms with Gasteiger partial charge in [-0.05, 0) is 43.5 Å². The van der Waals surface area contributed by atoms with Gasteiger partial charge in [0.1, 0.15) is 5.75 Å². The average molecular weight is 287 g/mol. The summed E-state index contributed by atoms with van der Waals surface area (Å²) in [6, 6.07) is 8.15. The summed E-state index contributed by atoms with van der Waals surface area (Å²) in [5, 5.41) is 0. The molecule has 1 aromatic rings. The fourth-order valence-electron chi connectivity index (χ4n) is 2.96. The third-order valence-corrected chi connectivity index (χ3v) is 4.17. The van der Waals surface area contributed by atoms with E-state index in [0.717, 1.165) is 30.7 Å². The second kappa shape index (κ2) is 7.87. The van der Waals surface area contributed by atoms with Crippen LogP contribution in [0.25, 0.3) is 6.08 Å². The van der Waals surface area contributed by atoms with Crippen molar-refractivity contribution in [2.75, 3.05) is 13.7 Å². The number of ether oxygens (including phenoxy) is 1. The maximum absolute atomic E-state index is 12.4. The first kappa shape index (κ1) is 15.6. The van der Waals surface area contributed by atoms with Crippen LogP contribution < -0.4 is 4.74 Å². The van der Waals surface area contributed by atoms with Gasteiger partial charge >= 0.3 is 0 Å². The second-order valence-electron chi connectivity index (χ2n) is 5.52. The van der Waals surface area contributed by atoms with Gasteiger partial charge < -0.3 is 9.64 Å². The van der Waals surface area contributed by atoms with E-state index < -0.39 is 0 Å². The number of rotatable bonds is 5. The number of amides is 1. The molecule has 1 amide bonds. The Morgan fingerprint density at radius 3 is 2.48 bits per heavy atom. The molecule has 1 saturated carbocycles. The Balaban J connectivity index is 1.98. The summed E-state index contributed by atoms with van der Waals surface area (Å²) in [6.45, 7) is 2.85. The molecule has 0 aliphatic heterocycles. The Kier molecular flexibility index (Phi) is 5.85. The largest absolute Gasteiger partial charge is 0.497 e. The first-order valence-electron chi connectivity index (χ1n) is 7.87. The van der Waals surface area contributed by atoms with Crippen LogP contribution in [0.2, 0.25) is 0 Å². The van der Waals surface area contributed by atoms with Gasteiger partial charge in [0.2, 0.25) is 5.91 Å². The number of carbonyl (C=O) groups excluding carboxylic acids is 1. The van der Waals surface area contributed by atoms with E-state index in [-0.39, 0.29) is 5.91 Å². The molecule has 21 heavy (non-hydrogen) atoms. The van der Waals surface area contributed by atoms with Gasteiger partial charge in [0.05, 0.1) is 7.11 Å². The minimum atomic E-state index is 0.125. The summed E-state index contributed by atoms with van der Waals surface area (Å²) in [5.74, 6) is 0.955. The molecule has 0 spiro atoms. The Hall–Kier alpha value is -1.77. The SMILES string of the molecule is CCN(C(=O)/C=C/c1ccc(OC)cc1)C1CCCCC1. The molecule has 2 rings (SSSR count). The van der Waals surface area contributed by atoms with Crippen molar-refractivity contribution >= 4 is 12.0 Å². The Labute approximate surface area is 127 Å². The number of methoxy groups -OCH3 is 1. The summed E-state index contributed by atoms with van der Waals surface area (Å²) < 4.78 is 5.13. The molecule has 0 unspecified atom stereocenters. The molecular weight excluding hydrogens is 262 g/mol. The highest BCUT2D eigenvalue weighted by Crippen LogP contribution is 2.23. The number of carbonyl (C=O) groups is 1. The summed E-state index contributed by atoms with van der Waals surface area (Å²) in [4.78, 5) is 14.4. The quantitative estimate of drug-likeness (QED) is 0.769. The van der Waals surface area contributed by atoms with Gasteiger partial charge in [0.15, 0.2) is 0 Å². The first-order valence-corrected chi connectivity index (χ1v) is 7.87. The molecule has 0 atom stereocenters. The van der Waals surface area contributed by atoms with E-state index in [1.54, 1.807) is 13.2 Å². The van der Waals surface area contributed by atoms with Crippen LogP contribution in [-0.4, -0.2) is 30.5 Å². The molecule has 3 nitrogen and oxygen atoms in total. The molecule has 0 radical (unpaired) electrons. The van der Waals surface area contributed by atoms with E-state index in [1.807, 2.05) is 35.2 Å².